The zero-order chi connectivity index (χ0) is 32.7. The van der Waals surface area contributed by atoms with Crippen molar-refractivity contribution in [2.24, 2.45) is 0 Å². The third-order valence-corrected chi connectivity index (χ3v) is 6.83. The molecular formula is C32H39N7O6. The van der Waals surface area contributed by atoms with Gasteiger partial charge in [0.25, 0.3) is 0 Å². The Hall–Kier alpha value is -5.33. The van der Waals surface area contributed by atoms with Crippen LogP contribution in [0.1, 0.15) is 26.3 Å². The summed E-state index contributed by atoms with van der Waals surface area (Å²) >= 11 is 0. The summed E-state index contributed by atoms with van der Waals surface area (Å²) < 4.78 is 16.2. The molecule has 1 fully saturated rings. The van der Waals surface area contributed by atoms with E-state index < -0.39 is 23.7 Å². The molecule has 238 valence electrons. The second-order valence-electron chi connectivity index (χ2n) is 11.3. The first-order chi connectivity index (χ1) is 21.4. The first-order valence-electron chi connectivity index (χ1n) is 14.3. The van der Waals surface area contributed by atoms with Crippen molar-refractivity contribution in [2.45, 2.75) is 39.3 Å². The Kier molecular flexibility index (Phi) is 10.1. The van der Waals surface area contributed by atoms with E-state index in [-0.39, 0.29) is 19.0 Å². The van der Waals surface area contributed by atoms with Crippen LogP contribution in [0.5, 0.6) is 5.75 Å². The first-order valence-corrected chi connectivity index (χ1v) is 14.3. The molecule has 1 aliphatic rings. The third kappa shape index (κ3) is 8.40. The number of benzene rings is 2. The Labute approximate surface area is 262 Å². The average Bonchev–Trinajstić information content (AvgIpc) is 3.01. The fraction of sp³-hybridized carbons (Fsp3) is 0.344. The van der Waals surface area contributed by atoms with Crippen LogP contribution in [-0.2, 0) is 19.1 Å². The van der Waals surface area contributed by atoms with Crippen LogP contribution in [0, 0.1) is 6.92 Å². The van der Waals surface area contributed by atoms with Gasteiger partial charge in [-0.2, -0.15) is 4.98 Å². The van der Waals surface area contributed by atoms with Crippen LogP contribution in [0.25, 0.3) is 0 Å². The molecule has 0 spiro atoms. The Morgan fingerprint density at radius 3 is 2.49 bits per heavy atom. The molecule has 45 heavy (non-hydrogen) atoms. The second-order valence-corrected chi connectivity index (χ2v) is 11.3. The number of hydrogen-bond donors (Lipinski definition) is 3. The number of aromatic nitrogens is 2. The number of esters is 1. The van der Waals surface area contributed by atoms with E-state index in [9.17, 15) is 14.4 Å². The summed E-state index contributed by atoms with van der Waals surface area (Å²) in [6.45, 7) is 11.7. The van der Waals surface area contributed by atoms with Gasteiger partial charge in [0.2, 0.25) is 11.9 Å². The minimum Gasteiger partial charge on any atom is -0.494 e. The van der Waals surface area contributed by atoms with Gasteiger partial charge in [-0.15, -0.1) is 0 Å². The summed E-state index contributed by atoms with van der Waals surface area (Å²) in [7, 11) is 2.86. The summed E-state index contributed by atoms with van der Waals surface area (Å²) in [6.07, 6.45) is 2.34. The molecule has 2 amide bonds. The number of amides is 2. The van der Waals surface area contributed by atoms with Crippen molar-refractivity contribution in [2.75, 3.05) is 54.7 Å². The zero-order valence-corrected chi connectivity index (χ0v) is 26.3. The second kappa shape index (κ2) is 14.0. The van der Waals surface area contributed by atoms with E-state index in [2.05, 4.69) is 32.5 Å². The monoisotopic (exact) mass is 617 g/mol. The lowest BCUT2D eigenvalue weighted by molar-refractivity contribution is -0.147. The number of aryl methyl sites for hydroxylation is 1. The van der Waals surface area contributed by atoms with Crippen LogP contribution in [0.15, 0.2) is 61.3 Å². The highest BCUT2D eigenvalue weighted by atomic mass is 16.6. The number of hydrogen-bond acceptors (Lipinski definition) is 11. The molecule has 2 heterocycles. The lowest BCUT2D eigenvalue weighted by Gasteiger charge is -2.41. The van der Waals surface area contributed by atoms with Crippen molar-refractivity contribution in [1.29, 1.82) is 0 Å². The SMILES string of the molecule is C=CC(=O)Nc1cccc(Nc2nc(Nc3ccc(N4CCN(C(=O)OC(C)(C)C)[C@H](C(=O)OC)C4)cc3OC)ncc2C)c1. The van der Waals surface area contributed by atoms with Crippen molar-refractivity contribution in [1.82, 2.24) is 14.9 Å². The summed E-state index contributed by atoms with van der Waals surface area (Å²) in [6, 6.07) is 12.0. The molecule has 1 atom stereocenters. The zero-order valence-electron chi connectivity index (χ0n) is 26.3. The molecule has 1 aliphatic heterocycles. The number of carbonyl (C=O) groups is 3. The minimum absolute atomic E-state index is 0.219. The van der Waals surface area contributed by atoms with Gasteiger partial charge in [-0.25, -0.2) is 14.6 Å². The topological polar surface area (TPSA) is 147 Å². The van der Waals surface area contributed by atoms with Gasteiger partial charge >= 0.3 is 12.1 Å². The minimum atomic E-state index is -0.840. The quantitative estimate of drug-likeness (QED) is 0.220. The molecule has 1 aromatic heterocycles. The Balaban J connectivity index is 1.50. The van der Waals surface area contributed by atoms with Crippen molar-refractivity contribution in [3.05, 3.63) is 66.9 Å². The maximum atomic E-state index is 12.8. The molecule has 4 rings (SSSR count). The van der Waals surface area contributed by atoms with Crippen LogP contribution >= 0.6 is 0 Å². The van der Waals surface area contributed by atoms with Crippen molar-refractivity contribution < 1.29 is 28.6 Å². The van der Waals surface area contributed by atoms with E-state index in [0.29, 0.717) is 35.4 Å². The van der Waals surface area contributed by atoms with E-state index in [0.717, 1.165) is 16.9 Å². The van der Waals surface area contributed by atoms with Gasteiger partial charge in [0, 0.05) is 54.5 Å². The number of nitrogens with zero attached hydrogens (tertiary/aromatic N) is 4. The number of ether oxygens (including phenoxy) is 3. The predicted octanol–water partition coefficient (Wildman–Crippen LogP) is 5.00. The maximum absolute atomic E-state index is 12.8. The fourth-order valence-electron chi connectivity index (χ4n) is 4.63. The highest BCUT2D eigenvalue weighted by Crippen LogP contribution is 2.33. The first kappa shape index (κ1) is 32.6. The van der Waals surface area contributed by atoms with Crippen LogP contribution in [0.4, 0.5) is 39.3 Å². The van der Waals surface area contributed by atoms with Crippen LogP contribution in [0.2, 0.25) is 0 Å². The van der Waals surface area contributed by atoms with Crippen molar-refractivity contribution in [3.8, 4) is 5.75 Å². The van der Waals surface area contributed by atoms with Crippen LogP contribution < -0.4 is 25.6 Å². The molecule has 3 aromatic rings. The van der Waals surface area contributed by atoms with Gasteiger partial charge in [-0.1, -0.05) is 12.6 Å². The molecule has 13 nitrogen and oxygen atoms in total. The van der Waals surface area contributed by atoms with Crippen molar-refractivity contribution in [3.63, 3.8) is 0 Å². The Bertz CT molecular complexity index is 1570. The molecule has 3 N–H and O–H groups in total. The lowest BCUT2D eigenvalue weighted by atomic mass is 10.1. The molecule has 0 aliphatic carbocycles. The van der Waals surface area contributed by atoms with E-state index in [1.807, 2.05) is 42.2 Å². The molecule has 0 radical (unpaired) electrons. The fourth-order valence-corrected chi connectivity index (χ4v) is 4.63. The van der Waals surface area contributed by atoms with Crippen LogP contribution in [-0.4, -0.2) is 78.3 Å². The summed E-state index contributed by atoms with van der Waals surface area (Å²) in [4.78, 5) is 49.7. The maximum Gasteiger partial charge on any atom is 0.411 e. The highest BCUT2D eigenvalue weighted by Gasteiger charge is 2.38. The molecule has 1 saturated heterocycles. The molecule has 0 saturated carbocycles. The molecular weight excluding hydrogens is 578 g/mol. The van der Waals surface area contributed by atoms with Gasteiger partial charge in [0.15, 0.2) is 6.04 Å². The molecule has 0 bridgehead atoms. The number of anilines is 6. The van der Waals surface area contributed by atoms with E-state index in [1.54, 1.807) is 46.2 Å². The Morgan fingerprint density at radius 1 is 1.04 bits per heavy atom. The molecule has 2 aromatic carbocycles. The number of rotatable bonds is 9. The smallest absolute Gasteiger partial charge is 0.411 e. The number of piperazine rings is 1. The van der Waals surface area contributed by atoms with Gasteiger partial charge in [-0.05, 0) is 64.1 Å². The largest absolute Gasteiger partial charge is 0.494 e. The average molecular weight is 618 g/mol. The van der Waals surface area contributed by atoms with Gasteiger partial charge in [0.05, 0.1) is 19.9 Å². The van der Waals surface area contributed by atoms with Gasteiger partial charge in [-0.3, -0.25) is 9.69 Å². The van der Waals surface area contributed by atoms with E-state index >= 15 is 0 Å². The van der Waals surface area contributed by atoms with E-state index in [4.69, 9.17) is 14.2 Å². The number of nitrogens with one attached hydrogen (secondary N) is 3. The van der Waals surface area contributed by atoms with E-state index in [1.165, 1.54) is 18.1 Å². The molecule has 0 unspecified atom stereocenters. The normalized spacial score (nSPS) is 14.7. The summed E-state index contributed by atoms with van der Waals surface area (Å²) in [5, 5.41) is 9.22. The van der Waals surface area contributed by atoms with Crippen molar-refractivity contribution >= 4 is 52.5 Å². The van der Waals surface area contributed by atoms with Gasteiger partial charge < -0.3 is 35.1 Å². The number of methoxy groups -OCH3 is 2. The number of carbonyl (C=O) groups excluding carboxylic acids is 3. The standard InChI is InChI=1S/C32H39N7O6/c1-8-27(40)34-21-10-9-11-22(16-21)35-28-20(2)18-33-30(37-28)36-24-13-12-23(17-26(24)43-6)38-14-15-39(25(19-38)29(41)44-7)31(42)45-32(3,4)5/h8-13,16-18,25H,1,14-15,19H2,2-7H3,(H,34,40)(H2,33,35,36,37)/t25-/m0/s1. The summed E-state index contributed by atoms with van der Waals surface area (Å²) in [5.74, 6) is 0.614. The van der Waals surface area contributed by atoms with Crippen LogP contribution in [0.3, 0.4) is 0 Å². The summed E-state index contributed by atoms with van der Waals surface area (Å²) in [5.41, 5.74) is 2.88. The molecule has 13 heteroatoms. The highest BCUT2D eigenvalue weighted by molar-refractivity contribution is 5.99. The lowest BCUT2D eigenvalue weighted by Crippen LogP contribution is -2.59. The Morgan fingerprint density at radius 2 is 1.80 bits per heavy atom. The third-order valence-electron chi connectivity index (χ3n) is 6.83. The predicted molar refractivity (Wildman–Crippen MR) is 173 cm³/mol. The van der Waals surface area contributed by atoms with Gasteiger partial charge in [0.1, 0.15) is 17.2 Å².